The summed E-state index contributed by atoms with van der Waals surface area (Å²) in [4.78, 5) is 8.94. The molecule has 2 heterocycles. The van der Waals surface area contributed by atoms with E-state index >= 15 is 0 Å². The summed E-state index contributed by atoms with van der Waals surface area (Å²) >= 11 is 0. The van der Waals surface area contributed by atoms with Crippen LogP contribution in [0.2, 0.25) is 0 Å². The molecule has 0 saturated carbocycles. The molecule has 2 aromatic carbocycles. The summed E-state index contributed by atoms with van der Waals surface area (Å²) in [6.07, 6.45) is 4.27. The Morgan fingerprint density at radius 2 is 1.57 bits per heavy atom. The molecule has 0 spiro atoms. The van der Waals surface area contributed by atoms with E-state index in [-0.39, 0.29) is 11.9 Å². The zero-order valence-corrected chi connectivity index (χ0v) is 16.5. The van der Waals surface area contributed by atoms with Crippen molar-refractivity contribution in [2.45, 2.75) is 12.5 Å². The fourth-order valence-electron chi connectivity index (χ4n) is 3.37. The van der Waals surface area contributed by atoms with Gasteiger partial charge in [0.2, 0.25) is 0 Å². The molecule has 0 aliphatic heterocycles. The first kappa shape index (κ1) is 19.7. The first-order valence-corrected chi connectivity index (χ1v) is 9.92. The van der Waals surface area contributed by atoms with Crippen molar-refractivity contribution < 1.29 is 4.39 Å². The van der Waals surface area contributed by atoms with Gasteiger partial charge in [-0.1, -0.05) is 42.5 Å². The lowest BCUT2D eigenvalue weighted by molar-refractivity contribution is 0.628. The summed E-state index contributed by atoms with van der Waals surface area (Å²) in [6, 6.07) is 24.3. The van der Waals surface area contributed by atoms with Crippen LogP contribution in [0.15, 0.2) is 91.3 Å². The fourth-order valence-corrected chi connectivity index (χ4v) is 3.37. The maximum atomic E-state index is 13.4. The molecule has 0 bridgehead atoms. The smallest absolute Gasteiger partial charge is 0.126 e. The summed E-state index contributed by atoms with van der Waals surface area (Å²) in [5, 5.41) is 3.38. The van der Waals surface area contributed by atoms with Crippen molar-refractivity contribution in [1.82, 2.24) is 9.97 Å². The largest absolute Gasteiger partial charge is 0.370 e. The molecule has 1 atom stereocenters. The van der Waals surface area contributed by atoms with Gasteiger partial charge < -0.3 is 11.1 Å². The van der Waals surface area contributed by atoms with E-state index in [1.165, 1.54) is 12.1 Å². The van der Waals surface area contributed by atoms with Crippen molar-refractivity contribution in [3.8, 4) is 22.4 Å². The second-order valence-electron chi connectivity index (χ2n) is 7.07. The lowest BCUT2D eigenvalue weighted by atomic mass is 10.00. The third-order valence-electron chi connectivity index (χ3n) is 4.99. The van der Waals surface area contributed by atoms with Crippen LogP contribution in [0.5, 0.6) is 0 Å². The predicted octanol–water partition coefficient (Wildman–Crippen LogP) is 5.45. The molecule has 4 nitrogen and oxygen atoms in total. The first-order valence-electron chi connectivity index (χ1n) is 9.92. The van der Waals surface area contributed by atoms with Crippen molar-refractivity contribution in [3.63, 3.8) is 0 Å². The molecule has 2 aromatic heterocycles. The van der Waals surface area contributed by atoms with E-state index in [0.29, 0.717) is 6.54 Å². The molecule has 0 fully saturated rings. The van der Waals surface area contributed by atoms with Crippen molar-refractivity contribution in [1.29, 1.82) is 0 Å². The van der Waals surface area contributed by atoms with E-state index in [4.69, 9.17) is 10.7 Å². The van der Waals surface area contributed by atoms with Crippen molar-refractivity contribution in [3.05, 3.63) is 103 Å². The number of hydrogen-bond donors (Lipinski definition) is 2. The van der Waals surface area contributed by atoms with Gasteiger partial charge in [-0.05, 0) is 53.9 Å². The van der Waals surface area contributed by atoms with E-state index in [0.717, 1.165) is 40.2 Å². The summed E-state index contributed by atoms with van der Waals surface area (Å²) in [7, 11) is 0. The second-order valence-corrected chi connectivity index (χ2v) is 7.07. The van der Waals surface area contributed by atoms with E-state index in [2.05, 4.69) is 10.3 Å². The number of benzene rings is 2. The Morgan fingerprint density at radius 3 is 2.30 bits per heavy atom. The SMILES string of the molecule is N[C@H](CCNc1ccc(-c2ccc(F)cc2)c(-c2ccncc2)n1)c1ccccc1. The molecular formula is C25H23FN4. The Labute approximate surface area is 175 Å². The minimum Gasteiger partial charge on any atom is -0.370 e. The predicted molar refractivity (Wildman–Crippen MR) is 119 cm³/mol. The normalized spacial score (nSPS) is 11.8. The highest BCUT2D eigenvalue weighted by Gasteiger charge is 2.11. The summed E-state index contributed by atoms with van der Waals surface area (Å²) in [6.45, 7) is 0.703. The van der Waals surface area contributed by atoms with Crippen LogP contribution < -0.4 is 11.1 Å². The number of hydrogen-bond acceptors (Lipinski definition) is 4. The van der Waals surface area contributed by atoms with Gasteiger partial charge in [0.1, 0.15) is 11.6 Å². The molecule has 4 rings (SSSR count). The van der Waals surface area contributed by atoms with Crippen LogP contribution in [0.4, 0.5) is 10.2 Å². The van der Waals surface area contributed by atoms with Gasteiger partial charge in [0.15, 0.2) is 0 Å². The average molecular weight is 398 g/mol. The average Bonchev–Trinajstić information content (AvgIpc) is 2.81. The molecule has 30 heavy (non-hydrogen) atoms. The van der Waals surface area contributed by atoms with Crippen LogP contribution in [-0.2, 0) is 0 Å². The Morgan fingerprint density at radius 1 is 0.833 bits per heavy atom. The van der Waals surface area contributed by atoms with E-state index in [9.17, 15) is 4.39 Å². The van der Waals surface area contributed by atoms with Crippen LogP contribution in [0.3, 0.4) is 0 Å². The highest BCUT2D eigenvalue weighted by Crippen LogP contribution is 2.31. The van der Waals surface area contributed by atoms with E-state index in [1.807, 2.05) is 54.6 Å². The van der Waals surface area contributed by atoms with Gasteiger partial charge in [0, 0.05) is 36.1 Å². The number of nitrogens with zero attached hydrogens (tertiary/aromatic N) is 2. The lowest BCUT2D eigenvalue weighted by Crippen LogP contribution is -2.15. The highest BCUT2D eigenvalue weighted by molar-refractivity contribution is 5.81. The van der Waals surface area contributed by atoms with E-state index < -0.39 is 0 Å². The quantitative estimate of drug-likeness (QED) is 0.434. The number of rotatable bonds is 7. The number of halogens is 1. The number of anilines is 1. The molecular weight excluding hydrogens is 375 g/mol. The van der Waals surface area contributed by atoms with Gasteiger partial charge in [-0.3, -0.25) is 4.98 Å². The zero-order valence-electron chi connectivity index (χ0n) is 16.5. The molecule has 0 radical (unpaired) electrons. The van der Waals surface area contributed by atoms with Crippen molar-refractivity contribution in [2.75, 3.05) is 11.9 Å². The third-order valence-corrected chi connectivity index (χ3v) is 4.99. The highest BCUT2D eigenvalue weighted by atomic mass is 19.1. The van der Waals surface area contributed by atoms with Crippen molar-refractivity contribution >= 4 is 5.82 Å². The number of nitrogens with one attached hydrogen (secondary N) is 1. The van der Waals surface area contributed by atoms with Gasteiger partial charge in [-0.2, -0.15) is 0 Å². The topological polar surface area (TPSA) is 63.8 Å². The Kier molecular flexibility index (Phi) is 6.11. The molecule has 0 aliphatic rings. The Balaban J connectivity index is 1.55. The van der Waals surface area contributed by atoms with Crippen molar-refractivity contribution in [2.24, 2.45) is 5.73 Å². The molecule has 0 amide bonds. The maximum Gasteiger partial charge on any atom is 0.126 e. The molecule has 0 saturated heterocycles. The molecule has 4 aromatic rings. The van der Waals surface area contributed by atoms with Gasteiger partial charge in [0.25, 0.3) is 0 Å². The van der Waals surface area contributed by atoms with Crippen LogP contribution in [0.1, 0.15) is 18.0 Å². The van der Waals surface area contributed by atoms with Crippen LogP contribution in [-0.4, -0.2) is 16.5 Å². The summed E-state index contributed by atoms with van der Waals surface area (Å²) in [5.41, 5.74) is 11.0. The van der Waals surface area contributed by atoms with Gasteiger partial charge in [-0.25, -0.2) is 9.37 Å². The van der Waals surface area contributed by atoms with Crippen LogP contribution in [0.25, 0.3) is 22.4 Å². The summed E-state index contributed by atoms with van der Waals surface area (Å²) in [5.74, 6) is 0.512. The van der Waals surface area contributed by atoms with Crippen LogP contribution in [0, 0.1) is 5.82 Å². The molecule has 3 N–H and O–H groups in total. The van der Waals surface area contributed by atoms with Gasteiger partial charge >= 0.3 is 0 Å². The molecule has 0 unspecified atom stereocenters. The number of nitrogens with two attached hydrogens (primary N) is 1. The van der Waals surface area contributed by atoms with Crippen LogP contribution >= 0.6 is 0 Å². The number of aromatic nitrogens is 2. The minimum atomic E-state index is -0.259. The van der Waals surface area contributed by atoms with E-state index in [1.54, 1.807) is 24.5 Å². The fraction of sp³-hybridized carbons (Fsp3) is 0.120. The lowest BCUT2D eigenvalue weighted by Gasteiger charge is -2.15. The zero-order chi connectivity index (χ0) is 20.8. The van der Waals surface area contributed by atoms with Gasteiger partial charge in [-0.15, -0.1) is 0 Å². The molecule has 5 heteroatoms. The summed E-state index contributed by atoms with van der Waals surface area (Å²) < 4.78 is 13.4. The standard InChI is InChI=1S/C25H23FN4/c26-21-8-6-18(7-9-21)22-10-11-24(30-25(22)20-12-15-28-16-13-20)29-17-14-23(27)19-4-2-1-3-5-19/h1-13,15-16,23H,14,17,27H2,(H,29,30)/t23-/m1/s1. The van der Waals surface area contributed by atoms with Gasteiger partial charge in [0.05, 0.1) is 5.69 Å². The Bertz CT molecular complexity index is 1080. The second kappa shape index (κ2) is 9.29. The monoisotopic (exact) mass is 398 g/mol. The first-order chi connectivity index (χ1) is 14.7. The number of pyridine rings is 2. The maximum absolute atomic E-state index is 13.4. The Hall–Kier alpha value is -3.57. The third kappa shape index (κ3) is 4.70. The molecule has 150 valence electrons. The minimum absolute atomic E-state index is 0.0307. The molecule has 0 aliphatic carbocycles.